The van der Waals surface area contributed by atoms with E-state index >= 15 is 0 Å². The molecule has 0 amide bonds. The van der Waals surface area contributed by atoms with E-state index in [-0.39, 0.29) is 11.6 Å². The van der Waals surface area contributed by atoms with Crippen LogP contribution in [0.3, 0.4) is 0 Å². The summed E-state index contributed by atoms with van der Waals surface area (Å²) in [4.78, 5) is 0. The lowest BCUT2D eigenvalue weighted by atomic mass is 9.75. The van der Waals surface area contributed by atoms with Crippen molar-refractivity contribution in [1.82, 2.24) is 4.31 Å². The second-order valence-corrected chi connectivity index (χ2v) is 8.58. The molecule has 2 bridgehead atoms. The van der Waals surface area contributed by atoms with Gasteiger partial charge >= 0.3 is 0 Å². The highest BCUT2D eigenvalue weighted by Gasteiger charge is 2.50. The Hall–Kier alpha value is -0.170. The first-order chi connectivity index (χ1) is 8.87. The lowest BCUT2D eigenvalue weighted by Crippen LogP contribution is -2.52. The zero-order valence-electron chi connectivity index (χ0n) is 11.5. The van der Waals surface area contributed by atoms with Crippen LogP contribution in [0.25, 0.3) is 0 Å². The Kier molecular flexibility index (Phi) is 3.40. The molecule has 0 aliphatic carbocycles. The van der Waals surface area contributed by atoms with Crippen LogP contribution in [0, 0.1) is 5.92 Å². The highest BCUT2D eigenvalue weighted by molar-refractivity contribution is 7.88. The molecule has 3 rings (SSSR count). The van der Waals surface area contributed by atoms with Crippen LogP contribution in [0.2, 0.25) is 0 Å². The van der Waals surface area contributed by atoms with E-state index in [4.69, 9.17) is 10.5 Å². The van der Waals surface area contributed by atoms with Crippen molar-refractivity contribution in [3.05, 3.63) is 0 Å². The van der Waals surface area contributed by atoms with Gasteiger partial charge in [0.2, 0.25) is 10.0 Å². The highest BCUT2D eigenvalue weighted by atomic mass is 32.2. The number of rotatable bonds is 3. The minimum atomic E-state index is -3.06. The van der Waals surface area contributed by atoms with Crippen molar-refractivity contribution in [2.75, 3.05) is 19.3 Å². The van der Waals surface area contributed by atoms with E-state index in [9.17, 15) is 8.42 Å². The van der Waals surface area contributed by atoms with Crippen molar-refractivity contribution < 1.29 is 13.2 Å². The molecule has 0 saturated carbocycles. The van der Waals surface area contributed by atoms with Crippen molar-refractivity contribution in [3.8, 4) is 0 Å². The van der Waals surface area contributed by atoms with Crippen LogP contribution in [0.5, 0.6) is 0 Å². The van der Waals surface area contributed by atoms with E-state index in [0.29, 0.717) is 25.1 Å². The number of nitrogens with zero attached hydrogens (tertiary/aromatic N) is 1. The molecule has 2 N–H and O–H groups in total. The van der Waals surface area contributed by atoms with Gasteiger partial charge in [-0.25, -0.2) is 12.7 Å². The minimum Gasteiger partial charge on any atom is -0.373 e. The van der Waals surface area contributed by atoms with Crippen LogP contribution >= 0.6 is 0 Å². The number of hydrogen-bond acceptors (Lipinski definition) is 4. The first-order valence-electron chi connectivity index (χ1n) is 7.26. The Morgan fingerprint density at radius 1 is 1.37 bits per heavy atom. The largest absolute Gasteiger partial charge is 0.373 e. The third-order valence-corrected chi connectivity index (χ3v) is 6.25. The summed E-state index contributed by atoms with van der Waals surface area (Å²) in [5.74, 6) is 0.386. The Bertz CT molecular complexity index is 453. The predicted octanol–water partition coefficient (Wildman–Crippen LogP) is 0.697. The van der Waals surface area contributed by atoms with Crippen LogP contribution in [0.15, 0.2) is 0 Å². The zero-order chi connectivity index (χ0) is 13.7. The van der Waals surface area contributed by atoms with Gasteiger partial charge in [-0.1, -0.05) is 0 Å². The van der Waals surface area contributed by atoms with Gasteiger partial charge in [-0.2, -0.15) is 0 Å². The number of nitrogens with two attached hydrogens (primary N) is 1. The van der Waals surface area contributed by atoms with E-state index in [1.54, 1.807) is 4.31 Å². The van der Waals surface area contributed by atoms with Crippen LogP contribution < -0.4 is 5.73 Å². The molecule has 3 saturated heterocycles. The van der Waals surface area contributed by atoms with Crippen molar-refractivity contribution in [2.24, 2.45) is 11.7 Å². The normalized spacial score (nSPS) is 43.8. The topological polar surface area (TPSA) is 72.6 Å². The summed E-state index contributed by atoms with van der Waals surface area (Å²) in [6.45, 7) is 1.30. The van der Waals surface area contributed by atoms with Crippen LogP contribution in [0.4, 0.5) is 0 Å². The fourth-order valence-corrected chi connectivity index (χ4v) is 5.02. The standard InChI is InChI=1S/C13H24N2O3S/c1-19(16,17)15-6-2-3-10(9-15)7-13(14)8-11-4-5-12(13)18-11/h10-12H,2-9,14H2,1H3. The third kappa shape index (κ3) is 2.68. The van der Waals surface area contributed by atoms with E-state index in [2.05, 4.69) is 0 Å². The molecule has 3 aliphatic rings. The maximum absolute atomic E-state index is 11.6. The predicted molar refractivity (Wildman–Crippen MR) is 73.2 cm³/mol. The number of ether oxygens (including phenoxy) is 1. The number of hydrogen-bond donors (Lipinski definition) is 1. The molecule has 5 nitrogen and oxygen atoms in total. The molecule has 0 aromatic heterocycles. The van der Waals surface area contributed by atoms with Gasteiger partial charge in [-0.05, 0) is 44.4 Å². The average Bonchev–Trinajstić information content (AvgIpc) is 2.87. The van der Waals surface area contributed by atoms with Gasteiger partial charge in [-0.3, -0.25) is 0 Å². The molecule has 19 heavy (non-hydrogen) atoms. The van der Waals surface area contributed by atoms with Gasteiger partial charge < -0.3 is 10.5 Å². The third-order valence-electron chi connectivity index (χ3n) is 4.98. The lowest BCUT2D eigenvalue weighted by molar-refractivity contribution is 0.0762. The van der Waals surface area contributed by atoms with Crippen molar-refractivity contribution in [3.63, 3.8) is 0 Å². The zero-order valence-corrected chi connectivity index (χ0v) is 12.4. The molecule has 4 atom stereocenters. The maximum atomic E-state index is 11.6. The summed E-state index contributed by atoms with van der Waals surface area (Å²) in [5.41, 5.74) is 6.32. The Labute approximate surface area is 115 Å². The quantitative estimate of drug-likeness (QED) is 0.829. The maximum Gasteiger partial charge on any atom is 0.211 e. The molecular weight excluding hydrogens is 264 g/mol. The molecule has 0 spiro atoms. The number of fused-ring (bicyclic) bond motifs is 2. The van der Waals surface area contributed by atoms with Gasteiger partial charge in [0.15, 0.2) is 0 Å². The summed E-state index contributed by atoms with van der Waals surface area (Å²) in [6.07, 6.45) is 7.95. The van der Waals surface area contributed by atoms with Gasteiger partial charge in [-0.15, -0.1) is 0 Å². The van der Waals surface area contributed by atoms with Crippen LogP contribution in [-0.4, -0.2) is 49.8 Å². The average molecular weight is 288 g/mol. The van der Waals surface area contributed by atoms with Crippen molar-refractivity contribution in [1.29, 1.82) is 0 Å². The first-order valence-corrected chi connectivity index (χ1v) is 9.11. The highest BCUT2D eigenvalue weighted by Crippen LogP contribution is 2.44. The molecule has 0 aromatic rings. The summed E-state index contributed by atoms with van der Waals surface area (Å²) in [6, 6.07) is 0. The molecule has 110 valence electrons. The smallest absolute Gasteiger partial charge is 0.211 e. The second-order valence-electron chi connectivity index (χ2n) is 6.59. The Morgan fingerprint density at radius 2 is 2.16 bits per heavy atom. The number of piperidine rings is 1. The molecule has 3 fully saturated rings. The molecule has 0 aromatic carbocycles. The first kappa shape index (κ1) is 13.8. The van der Waals surface area contributed by atoms with Gasteiger partial charge in [0, 0.05) is 18.6 Å². The van der Waals surface area contributed by atoms with Crippen molar-refractivity contribution >= 4 is 10.0 Å². The fourth-order valence-electron chi connectivity index (χ4n) is 4.08. The summed E-state index contributed by atoms with van der Waals surface area (Å²) >= 11 is 0. The lowest BCUT2D eigenvalue weighted by Gasteiger charge is -2.38. The van der Waals surface area contributed by atoms with E-state index < -0.39 is 10.0 Å². The molecule has 0 radical (unpaired) electrons. The van der Waals surface area contributed by atoms with Crippen molar-refractivity contribution in [2.45, 2.75) is 56.3 Å². The summed E-state index contributed by atoms with van der Waals surface area (Å²) in [5, 5.41) is 0. The fraction of sp³-hybridized carbons (Fsp3) is 1.00. The van der Waals surface area contributed by atoms with Crippen LogP contribution in [-0.2, 0) is 14.8 Å². The molecular formula is C13H24N2O3S. The SMILES string of the molecule is CS(=O)(=O)N1CCCC(CC2(N)CC3CCC2O3)C1. The molecule has 4 unspecified atom stereocenters. The number of sulfonamides is 1. The summed E-state index contributed by atoms with van der Waals surface area (Å²) in [7, 11) is -3.06. The van der Waals surface area contributed by atoms with Gasteiger partial charge in [0.1, 0.15) is 0 Å². The minimum absolute atomic E-state index is 0.200. The molecule has 3 heterocycles. The Balaban J connectivity index is 1.64. The summed E-state index contributed by atoms with van der Waals surface area (Å²) < 4.78 is 30.8. The van der Waals surface area contributed by atoms with Gasteiger partial charge in [0.05, 0.1) is 18.5 Å². The monoisotopic (exact) mass is 288 g/mol. The molecule has 6 heteroatoms. The Morgan fingerprint density at radius 3 is 2.74 bits per heavy atom. The van der Waals surface area contributed by atoms with E-state index in [0.717, 1.165) is 38.5 Å². The second kappa shape index (κ2) is 4.69. The van der Waals surface area contributed by atoms with E-state index in [1.165, 1.54) is 6.26 Å². The van der Waals surface area contributed by atoms with Gasteiger partial charge in [0.25, 0.3) is 0 Å². The van der Waals surface area contributed by atoms with E-state index in [1.807, 2.05) is 0 Å². The molecule has 3 aliphatic heterocycles. The van der Waals surface area contributed by atoms with Crippen LogP contribution in [0.1, 0.15) is 38.5 Å².